The fraction of sp³-hybridized carbons (Fsp3) is 0.0769. The number of benzene rings is 3. The summed E-state index contributed by atoms with van der Waals surface area (Å²) < 4.78 is 42.1. The largest absolute Gasteiger partial charge is 0.416 e. The van der Waals surface area contributed by atoms with Crippen LogP contribution in [0.15, 0.2) is 67.0 Å². The van der Waals surface area contributed by atoms with E-state index in [0.717, 1.165) is 17.7 Å². The van der Waals surface area contributed by atoms with Crippen molar-refractivity contribution in [3.8, 4) is 29.0 Å². The number of aryl methyl sites for hydroxylation is 1. The van der Waals surface area contributed by atoms with Crippen LogP contribution < -0.4 is 0 Å². The van der Waals surface area contributed by atoms with E-state index in [1.165, 1.54) is 18.5 Å². The summed E-state index contributed by atoms with van der Waals surface area (Å²) in [4.78, 5) is 7.93. The van der Waals surface area contributed by atoms with Gasteiger partial charge in [0.25, 0.3) is 0 Å². The molecule has 5 nitrogen and oxygen atoms in total. The third-order valence-corrected chi connectivity index (χ3v) is 5.69. The molecule has 0 aliphatic heterocycles. The Morgan fingerprint density at radius 2 is 1.47 bits per heavy atom. The van der Waals surface area contributed by atoms with Crippen molar-refractivity contribution in [3.63, 3.8) is 0 Å². The van der Waals surface area contributed by atoms with Crippen LogP contribution in [0.25, 0.3) is 38.6 Å². The summed E-state index contributed by atoms with van der Waals surface area (Å²) in [6.45, 7) is 1.88. The van der Waals surface area contributed by atoms with Crippen LogP contribution in [0.2, 0.25) is 0 Å². The van der Waals surface area contributed by atoms with Gasteiger partial charge < -0.3 is 4.57 Å². The molecule has 0 radical (unpaired) electrons. The summed E-state index contributed by atoms with van der Waals surface area (Å²) in [5.74, 6) is 0.0414. The molecule has 0 amide bonds. The first-order chi connectivity index (χ1) is 16.3. The van der Waals surface area contributed by atoms with Crippen LogP contribution in [-0.2, 0) is 6.18 Å². The van der Waals surface area contributed by atoms with Gasteiger partial charge in [-0.2, -0.15) is 23.7 Å². The van der Waals surface area contributed by atoms with Gasteiger partial charge in [-0.1, -0.05) is 17.7 Å². The van der Waals surface area contributed by atoms with Crippen molar-refractivity contribution in [2.45, 2.75) is 13.1 Å². The molecule has 2 heterocycles. The molecule has 0 fully saturated rings. The van der Waals surface area contributed by atoms with Gasteiger partial charge in [0.1, 0.15) is 12.1 Å². The highest BCUT2D eigenvalue weighted by Crippen LogP contribution is 2.38. The van der Waals surface area contributed by atoms with Crippen molar-refractivity contribution in [3.05, 3.63) is 89.5 Å². The molecule has 3 aromatic carbocycles. The smallest absolute Gasteiger partial charge is 0.308 e. The van der Waals surface area contributed by atoms with Crippen molar-refractivity contribution in [2.24, 2.45) is 0 Å². The van der Waals surface area contributed by atoms with E-state index in [0.29, 0.717) is 44.2 Å². The topological polar surface area (TPSA) is 78.3 Å². The lowest BCUT2D eigenvalue weighted by Gasteiger charge is -2.12. The molecule has 0 unspecified atom stereocenters. The van der Waals surface area contributed by atoms with Gasteiger partial charge in [-0.3, -0.25) is 0 Å². The Hall–Kier alpha value is -4.69. The van der Waals surface area contributed by atoms with Crippen LogP contribution in [0.3, 0.4) is 0 Å². The summed E-state index contributed by atoms with van der Waals surface area (Å²) in [6, 6.07) is 18.5. The molecule has 5 rings (SSSR count). The number of nitrogens with zero attached hydrogens (tertiary/aromatic N) is 5. The summed E-state index contributed by atoms with van der Waals surface area (Å²) in [5, 5.41) is 20.0. The fourth-order valence-electron chi connectivity index (χ4n) is 4.11. The first kappa shape index (κ1) is 21.2. The van der Waals surface area contributed by atoms with Crippen molar-refractivity contribution in [1.82, 2.24) is 14.5 Å². The maximum atomic E-state index is 13.4. The molecular formula is C26H14F3N5. The zero-order chi connectivity index (χ0) is 24.0. The third kappa shape index (κ3) is 3.42. The van der Waals surface area contributed by atoms with Crippen LogP contribution in [-0.4, -0.2) is 14.5 Å². The zero-order valence-corrected chi connectivity index (χ0v) is 17.7. The highest BCUT2D eigenvalue weighted by atomic mass is 19.4. The van der Waals surface area contributed by atoms with Crippen LogP contribution in [0, 0.1) is 29.6 Å². The minimum absolute atomic E-state index is 0.0414. The summed E-state index contributed by atoms with van der Waals surface area (Å²) in [5.41, 5.74) is 3.66. The van der Waals surface area contributed by atoms with E-state index in [1.807, 2.05) is 35.8 Å². The van der Waals surface area contributed by atoms with E-state index in [9.17, 15) is 18.4 Å². The van der Waals surface area contributed by atoms with Crippen LogP contribution in [0.4, 0.5) is 13.2 Å². The second-order valence-electron chi connectivity index (χ2n) is 7.84. The molecule has 34 heavy (non-hydrogen) atoms. The van der Waals surface area contributed by atoms with E-state index in [-0.39, 0.29) is 5.82 Å². The van der Waals surface area contributed by atoms with Crippen molar-refractivity contribution >= 4 is 21.8 Å². The van der Waals surface area contributed by atoms with Gasteiger partial charge in [-0.15, -0.1) is 0 Å². The van der Waals surface area contributed by atoms with Gasteiger partial charge in [0, 0.05) is 28.7 Å². The van der Waals surface area contributed by atoms with Gasteiger partial charge in [0.15, 0.2) is 0 Å². The minimum atomic E-state index is -4.46. The Morgan fingerprint density at radius 3 is 2.12 bits per heavy atom. The lowest BCUT2D eigenvalue weighted by atomic mass is 10.0. The van der Waals surface area contributed by atoms with E-state index >= 15 is 0 Å². The molecule has 0 saturated carbocycles. The van der Waals surface area contributed by atoms with Gasteiger partial charge in [-0.05, 0) is 55.0 Å². The molecule has 0 saturated heterocycles. The SMILES string of the molecule is Cc1ccc2c(c1)c1cc(C(F)(F)F)ccc1n2-c1ccc(-c2cnc(C#N)nc2)cc1C#N. The average Bonchev–Trinajstić information content (AvgIpc) is 3.16. The number of fused-ring (bicyclic) bond motifs is 3. The Balaban J connectivity index is 1.76. The lowest BCUT2D eigenvalue weighted by Crippen LogP contribution is -2.04. The molecule has 5 aromatic rings. The number of hydrogen-bond donors (Lipinski definition) is 0. The maximum Gasteiger partial charge on any atom is 0.416 e. The van der Waals surface area contributed by atoms with Gasteiger partial charge in [0.2, 0.25) is 5.82 Å². The Bertz CT molecular complexity index is 1670. The highest BCUT2D eigenvalue weighted by Gasteiger charge is 2.31. The van der Waals surface area contributed by atoms with Crippen molar-refractivity contribution in [1.29, 1.82) is 10.5 Å². The van der Waals surface area contributed by atoms with Gasteiger partial charge in [0.05, 0.1) is 27.8 Å². The summed E-state index contributed by atoms with van der Waals surface area (Å²) in [6.07, 6.45) is -1.46. The average molecular weight is 453 g/mol. The molecule has 164 valence electrons. The maximum absolute atomic E-state index is 13.4. The normalized spacial score (nSPS) is 11.5. The molecule has 0 N–H and O–H groups in total. The number of rotatable bonds is 2. The van der Waals surface area contributed by atoms with Crippen LogP contribution in [0.5, 0.6) is 0 Å². The molecule has 0 aliphatic rings. The molecule has 8 heteroatoms. The third-order valence-electron chi connectivity index (χ3n) is 5.69. The van der Waals surface area contributed by atoms with E-state index < -0.39 is 11.7 Å². The molecule has 0 atom stereocenters. The van der Waals surface area contributed by atoms with Crippen LogP contribution >= 0.6 is 0 Å². The van der Waals surface area contributed by atoms with Gasteiger partial charge >= 0.3 is 6.18 Å². The molecule has 0 aliphatic carbocycles. The Labute approximate surface area is 192 Å². The van der Waals surface area contributed by atoms with E-state index in [1.54, 1.807) is 18.2 Å². The number of nitriles is 2. The van der Waals surface area contributed by atoms with Crippen molar-refractivity contribution in [2.75, 3.05) is 0 Å². The molecular weight excluding hydrogens is 439 g/mol. The first-order valence-electron chi connectivity index (χ1n) is 10.2. The van der Waals surface area contributed by atoms with E-state index in [2.05, 4.69) is 16.0 Å². The fourth-order valence-corrected chi connectivity index (χ4v) is 4.11. The summed E-state index contributed by atoms with van der Waals surface area (Å²) >= 11 is 0. The molecule has 0 bridgehead atoms. The first-order valence-corrected chi connectivity index (χ1v) is 10.2. The number of halogens is 3. The second-order valence-corrected chi connectivity index (χ2v) is 7.84. The zero-order valence-electron chi connectivity index (χ0n) is 17.7. The van der Waals surface area contributed by atoms with Crippen molar-refractivity contribution < 1.29 is 13.2 Å². The highest BCUT2D eigenvalue weighted by molar-refractivity contribution is 6.10. The predicted molar refractivity (Wildman–Crippen MR) is 121 cm³/mol. The monoisotopic (exact) mass is 453 g/mol. The Morgan fingerprint density at radius 1 is 0.794 bits per heavy atom. The number of alkyl halides is 3. The number of hydrogen-bond acceptors (Lipinski definition) is 4. The minimum Gasteiger partial charge on any atom is -0.308 e. The van der Waals surface area contributed by atoms with Crippen LogP contribution in [0.1, 0.15) is 22.5 Å². The molecule has 0 spiro atoms. The molecule has 2 aromatic heterocycles. The Kier molecular flexibility index (Phi) is 4.80. The standard InChI is InChI=1S/C26H14F3N5/c1-15-2-5-23-20(8-15)21-10-19(26(27,28)29)4-7-24(21)34(23)22-6-3-16(9-17(22)11-30)18-13-32-25(12-31)33-14-18/h2-10,13-14H,1H3. The predicted octanol–water partition coefficient (Wildman–Crippen LogP) is 6.31. The number of aromatic nitrogens is 3. The van der Waals surface area contributed by atoms with E-state index in [4.69, 9.17) is 5.26 Å². The quantitative estimate of drug-likeness (QED) is 0.314. The summed E-state index contributed by atoms with van der Waals surface area (Å²) in [7, 11) is 0. The lowest BCUT2D eigenvalue weighted by molar-refractivity contribution is -0.137. The van der Waals surface area contributed by atoms with Gasteiger partial charge in [-0.25, -0.2) is 9.97 Å². The second kappa shape index (κ2) is 7.72.